The lowest BCUT2D eigenvalue weighted by Crippen LogP contribution is -2.32. The van der Waals surface area contributed by atoms with Crippen molar-refractivity contribution in [3.05, 3.63) is 47.3 Å². The summed E-state index contributed by atoms with van der Waals surface area (Å²) in [7, 11) is 1.88. The zero-order chi connectivity index (χ0) is 19.7. The summed E-state index contributed by atoms with van der Waals surface area (Å²) >= 11 is 0. The van der Waals surface area contributed by atoms with E-state index in [1.807, 2.05) is 49.5 Å². The first-order valence-corrected chi connectivity index (χ1v) is 9.93. The third-order valence-electron chi connectivity index (χ3n) is 5.84. The molecular formula is C21H28ClN5O2. The largest absolute Gasteiger partial charge is 0.339 e. The van der Waals surface area contributed by atoms with Crippen molar-refractivity contribution in [3.63, 3.8) is 0 Å². The number of aryl methyl sites for hydroxylation is 2. The maximum Gasteiger partial charge on any atom is 0.256 e. The quantitative estimate of drug-likeness (QED) is 0.800. The van der Waals surface area contributed by atoms with Crippen LogP contribution in [0.4, 0.5) is 5.69 Å². The number of nitrogens with zero attached hydrogens (tertiary/aromatic N) is 3. The van der Waals surface area contributed by atoms with Gasteiger partial charge in [-0.3, -0.25) is 14.3 Å². The average Bonchev–Trinajstić information content (AvgIpc) is 3.42. The van der Waals surface area contributed by atoms with E-state index in [0.29, 0.717) is 17.8 Å². The van der Waals surface area contributed by atoms with E-state index in [1.54, 1.807) is 4.68 Å². The highest BCUT2D eigenvalue weighted by Gasteiger charge is 2.35. The monoisotopic (exact) mass is 417 g/mol. The van der Waals surface area contributed by atoms with Crippen LogP contribution in [0.1, 0.15) is 40.2 Å². The van der Waals surface area contributed by atoms with Crippen LogP contribution in [-0.4, -0.2) is 52.7 Å². The van der Waals surface area contributed by atoms with Crippen LogP contribution in [0.3, 0.4) is 0 Å². The summed E-state index contributed by atoms with van der Waals surface area (Å²) in [5, 5.41) is 10.6. The van der Waals surface area contributed by atoms with Crippen molar-refractivity contribution in [1.82, 2.24) is 20.0 Å². The Labute approximate surface area is 177 Å². The first-order chi connectivity index (χ1) is 13.5. The lowest BCUT2D eigenvalue weighted by Gasteiger charge is -2.22. The fourth-order valence-electron chi connectivity index (χ4n) is 4.30. The van der Waals surface area contributed by atoms with Gasteiger partial charge in [-0.2, -0.15) is 5.10 Å². The third kappa shape index (κ3) is 4.31. The fraction of sp³-hybridized carbons (Fsp3) is 0.476. The molecule has 8 heteroatoms. The van der Waals surface area contributed by atoms with Crippen molar-refractivity contribution < 1.29 is 9.59 Å². The van der Waals surface area contributed by atoms with Crippen molar-refractivity contribution in [3.8, 4) is 0 Å². The van der Waals surface area contributed by atoms with Gasteiger partial charge in [0.1, 0.15) is 0 Å². The third-order valence-corrected chi connectivity index (χ3v) is 5.84. The molecule has 0 spiro atoms. The van der Waals surface area contributed by atoms with Crippen molar-refractivity contribution in [2.24, 2.45) is 13.0 Å². The first kappa shape index (κ1) is 21.3. The van der Waals surface area contributed by atoms with Gasteiger partial charge in [0.2, 0.25) is 5.91 Å². The first-order valence-electron chi connectivity index (χ1n) is 9.93. The number of nitrogens with one attached hydrogen (secondary N) is 2. The van der Waals surface area contributed by atoms with Crippen molar-refractivity contribution in [1.29, 1.82) is 0 Å². The Kier molecular flexibility index (Phi) is 6.59. The van der Waals surface area contributed by atoms with Gasteiger partial charge in [-0.05, 0) is 37.0 Å². The van der Waals surface area contributed by atoms with Crippen molar-refractivity contribution in [2.75, 3.05) is 31.5 Å². The summed E-state index contributed by atoms with van der Waals surface area (Å²) < 4.78 is 1.76. The van der Waals surface area contributed by atoms with Gasteiger partial charge in [-0.15, -0.1) is 12.4 Å². The lowest BCUT2D eigenvalue weighted by molar-refractivity contribution is -0.119. The predicted molar refractivity (Wildman–Crippen MR) is 115 cm³/mol. The zero-order valence-corrected chi connectivity index (χ0v) is 17.7. The van der Waals surface area contributed by atoms with E-state index in [4.69, 9.17) is 0 Å². The van der Waals surface area contributed by atoms with Gasteiger partial charge in [0.25, 0.3) is 5.91 Å². The number of carbonyl (C=O) groups is 2. The molecule has 2 aromatic rings. The molecule has 0 bridgehead atoms. The average molecular weight is 418 g/mol. The molecule has 3 heterocycles. The standard InChI is InChI=1S/C21H27N5O2.ClH/c1-14-6-5-7-18(19(14)21(28)26-8-3-4-9-26)24-20(27)17-12-22-11-16(17)15-10-23-25(2)13-15;/h5-7,10,13,16-17,22H,3-4,8-9,11-12H2,1-2H3,(H,24,27);1H/t16-,17+;/m1./s1. The van der Waals surface area contributed by atoms with E-state index >= 15 is 0 Å². The maximum atomic E-state index is 13.1. The van der Waals surface area contributed by atoms with Gasteiger partial charge in [0, 0.05) is 45.3 Å². The molecule has 0 saturated carbocycles. The molecular weight excluding hydrogens is 390 g/mol. The number of aromatic nitrogens is 2. The Balaban J connectivity index is 0.00000240. The molecule has 0 radical (unpaired) electrons. The second kappa shape index (κ2) is 8.97. The number of carbonyl (C=O) groups excluding carboxylic acids is 2. The molecule has 4 rings (SSSR count). The summed E-state index contributed by atoms with van der Waals surface area (Å²) in [5.41, 5.74) is 3.17. The summed E-state index contributed by atoms with van der Waals surface area (Å²) in [6, 6.07) is 5.64. The molecule has 2 aliphatic rings. The number of benzene rings is 1. The van der Waals surface area contributed by atoms with Gasteiger partial charge in [0.05, 0.1) is 23.4 Å². The smallest absolute Gasteiger partial charge is 0.256 e. The Hall–Kier alpha value is -2.38. The molecule has 2 aliphatic heterocycles. The van der Waals surface area contributed by atoms with E-state index in [9.17, 15) is 9.59 Å². The molecule has 2 saturated heterocycles. The van der Waals surface area contributed by atoms with Crippen LogP contribution in [0.15, 0.2) is 30.6 Å². The minimum atomic E-state index is -0.195. The molecule has 2 atom stereocenters. The van der Waals surface area contributed by atoms with E-state index in [1.165, 1.54) is 0 Å². The second-order valence-corrected chi connectivity index (χ2v) is 7.80. The van der Waals surface area contributed by atoms with Gasteiger partial charge >= 0.3 is 0 Å². The highest BCUT2D eigenvalue weighted by atomic mass is 35.5. The molecule has 29 heavy (non-hydrogen) atoms. The number of hydrogen-bond acceptors (Lipinski definition) is 4. The SMILES string of the molecule is Cc1cccc(NC(=O)[C@H]2CNC[C@@H]2c2cnn(C)c2)c1C(=O)N1CCCC1.Cl. The highest BCUT2D eigenvalue weighted by Crippen LogP contribution is 2.30. The zero-order valence-electron chi connectivity index (χ0n) is 16.9. The van der Waals surface area contributed by atoms with E-state index in [0.717, 1.165) is 43.6 Å². The van der Waals surface area contributed by atoms with Gasteiger partial charge in [-0.1, -0.05) is 12.1 Å². The highest BCUT2D eigenvalue weighted by molar-refractivity contribution is 6.05. The topological polar surface area (TPSA) is 79.3 Å². The van der Waals surface area contributed by atoms with Gasteiger partial charge in [0.15, 0.2) is 0 Å². The van der Waals surface area contributed by atoms with Crippen LogP contribution in [0.2, 0.25) is 0 Å². The van der Waals surface area contributed by atoms with Crippen LogP contribution >= 0.6 is 12.4 Å². The molecule has 1 aromatic heterocycles. The normalized spacial score (nSPS) is 21.1. The fourth-order valence-corrected chi connectivity index (χ4v) is 4.30. The molecule has 2 amide bonds. The molecule has 0 aliphatic carbocycles. The van der Waals surface area contributed by atoms with Gasteiger partial charge in [-0.25, -0.2) is 0 Å². The Morgan fingerprint density at radius 1 is 1.21 bits per heavy atom. The van der Waals surface area contributed by atoms with Crippen LogP contribution in [0, 0.1) is 12.8 Å². The Morgan fingerprint density at radius 3 is 2.66 bits per heavy atom. The van der Waals surface area contributed by atoms with Crippen LogP contribution in [0.5, 0.6) is 0 Å². The maximum absolute atomic E-state index is 13.1. The summed E-state index contributed by atoms with van der Waals surface area (Å²) in [6.07, 6.45) is 5.87. The number of amides is 2. The van der Waals surface area contributed by atoms with Gasteiger partial charge < -0.3 is 15.5 Å². The summed E-state index contributed by atoms with van der Waals surface area (Å²) in [5.74, 6) is -0.158. The van der Waals surface area contributed by atoms with E-state index < -0.39 is 0 Å². The second-order valence-electron chi connectivity index (χ2n) is 7.80. The number of anilines is 1. The van der Waals surface area contributed by atoms with Crippen molar-refractivity contribution in [2.45, 2.75) is 25.7 Å². The minimum absolute atomic E-state index is 0. The number of halogens is 1. The molecule has 2 N–H and O–H groups in total. The summed E-state index contributed by atoms with van der Waals surface area (Å²) in [6.45, 7) is 4.87. The number of hydrogen-bond donors (Lipinski definition) is 2. The minimum Gasteiger partial charge on any atom is -0.339 e. The Bertz CT molecular complexity index is 891. The van der Waals surface area contributed by atoms with Crippen molar-refractivity contribution >= 4 is 29.9 Å². The van der Waals surface area contributed by atoms with Crippen LogP contribution < -0.4 is 10.6 Å². The Morgan fingerprint density at radius 2 is 1.97 bits per heavy atom. The van der Waals surface area contributed by atoms with E-state index in [-0.39, 0.29) is 36.1 Å². The predicted octanol–water partition coefficient (Wildman–Crippen LogP) is 2.33. The number of likely N-dealkylation sites (tertiary alicyclic amines) is 1. The van der Waals surface area contributed by atoms with Crippen LogP contribution in [-0.2, 0) is 11.8 Å². The molecule has 156 valence electrons. The summed E-state index contributed by atoms with van der Waals surface area (Å²) in [4.78, 5) is 28.0. The molecule has 1 aromatic carbocycles. The lowest BCUT2D eigenvalue weighted by atomic mass is 9.90. The molecule has 2 fully saturated rings. The van der Waals surface area contributed by atoms with Crippen LogP contribution in [0.25, 0.3) is 0 Å². The van der Waals surface area contributed by atoms with E-state index in [2.05, 4.69) is 15.7 Å². The molecule has 0 unspecified atom stereocenters. The molecule has 7 nitrogen and oxygen atoms in total. The number of rotatable bonds is 4.